The van der Waals surface area contributed by atoms with Crippen LogP contribution in [-0.2, 0) is 11.3 Å². The van der Waals surface area contributed by atoms with Crippen molar-refractivity contribution in [1.82, 2.24) is 4.98 Å². The third kappa shape index (κ3) is 2.92. The largest absolute Gasteiger partial charge is 0.477 e. The number of nitrogen functional groups attached to an aromatic ring is 1. The Morgan fingerprint density at radius 3 is 2.65 bits per heavy atom. The first-order valence-electron chi connectivity index (χ1n) is 6.75. The second kappa shape index (κ2) is 6.07. The van der Waals surface area contributed by atoms with E-state index in [0.29, 0.717) is 32.2 Å². The quantitative estimate of drug-likeness (QED) is 0.811. The highest BCUT2D eigenvalue weighted by Gasteiger charge is 2.33. The van der Waals surface area contributed by atoms with E-state index in [-0.39, 0.29) is 18.3 Å². The fraction of sp³-hybridized carbons (Fsp3) is 0.200. The van der Waals surface area contributed by atoms with Crippen LogP contribution in [0, 0.1) is 0 Å². The summed E-state index contributed by atoms with van der Waals surface area (Å²) in [5.74, 6) is 0.825. The second-order valence-corrected chi connectivity index (χ2v) is 6.26. The average Bonchev–Trinajstić information content (AvgIpc) is 2.52. The molecule has 120 valence electrons. The van der Waals surface area contributed by atoms with Crippen LogP contribution in [-0.4, -0.2) is 17.0 Å². The number of nitrogens with zero attached hydrogens (tertiary/aromatic N) is 2. The zero-order valence-corrected chi connectivity index (χ0v) is 14.3. The van der Waals surface area contributed by atoms with E-state index in [0.717, 1.165) is 0 Å². The Kier molecular flexibility index (Phi) is 4.27. The molecule has 2 heterocycles. The number of aromatic nitrogens is 1. The molecule has 0 bridgehead atoms. The molecule has 1 aromatic heterocycles. The maximum absolute atomic E-state index is 12.5. The minimum absolute atomic E-state index is 0.119. The molecule has 0 aliphatic carbocycles. The lowest BCUT2D eigenvalue weighted by Crippen LogP contribution is -2.44. The number of carbonyl (C=O) groups is 1. The van der Waals surface area contributed by atoms with E-state index in [1.54, 1.807) is 31.2 Å². The molecule has 5 nitrogen and oxygen atoms in total. The van der Waals surface area contributed by atoms with Crippen LogP contribution in [0.2, 0.25) is 15.1 Å². The number of fused-ring (bicyclic) bond motifs is 1. The topological polar surface area (TPSA) is 68.5 Å². The highest BCUT2D eigenvalue weighted by atomic mass is 35.5. The molecule has 0 spiro atoms. The Hall–Kier alpha value is -1.69. The summed E-state index contributed by atoms with van der Waals surface area (Å²) in [4.78, 5) is 18.2. The number of hydrogen-bond acceptors (Lipinski definition) is 4. The number of rotatable bonds is 2. The second-order valence-electron chi connectivity index (χ2n) is 5.06. The molecule has 0 fully saturated rings. The number of halogens is 3. The number of ether oxygens (including phenoxy) is 1. The van der Waals surface area contributed by atoms with Gasteiger partial charge in [0.2, 0.25) is 0 Å². The fourth-order valence-corrected chi connectivity index (χ4v) is 2.99. The standard InChI is InChI=1S/C15H12Cl3N3O2/c1-7-15(22)21(14-11(23-7)4-5-12(19)20-14)6-8-9(16)2-3-10(17)13(8)18/h2-5,7H,6H2,1H3,(H2,19,20). The first-order valence-corrected chi connectivity index (χ1v) is 7.89. The average molecular weight is 373 g/mol. The third-order valence-corrected chi connectivity index (χ3v) is 4.69. The first kappa shape index (κ1) is 16.2. The molecule has 1 aliphatic rings. The molecule has 1 unspecified atom stereocenters. The maximum atomic E-state index is 12.5. The molecule has 2 aromatic rings. The number of nitrogens with two attached hydrogens (primary N) is 1. The van der Waals surface area contributed by atoms with Crippen LogP contribution in [0.15, 0.2) is 24.3 Å². The Morgan fingerprint density at radius 2 is 1.91 bits per heavy atom. The first-order chi connectivity index (χ1) is 10.9. The van der Waals surface area contributed by atoms with E-state index in [1.807, 2.05) is 0 Å². The van der Waals surface area contributed by atoms with Crippen LogP contribution < -0.4 is 15.4 Å². The number of anilines is 2. The number of amides is 1. The Balaban J connectivity index is 2.08. The van der Waals surface area contributed by atoms with E-state index in [1.165, 1.54) is 4.90 Å². The van der Waals surface area contributed by atoms with Crippen LogP contribution in [0.4, 0.5) is 11.6 Å². The van der Waals surface area contributed by atoms with Gasteiger partial charge in [0, 0.05) is 10.6 Å². The van der Waals surface area contributed by atoms with Gasteiger partial charge in [-0.05, 0) is 31.2 Å². The van der Waals surface area contributed by atoms with Crippen LogP contribution in [0.1, 0.15) is 12.5 Å². The normalized spacial score (nSPS) is 17.0. The molecule has 0 radical (unpaired) electrons. The molecule has 23 heavy (non-hydrogen) atoms. The van der Waals surface area contributed by atoms with E-state index in [9.17, 15) is 4.79 Å². The third-order valence-electron chi connectivity index (χ3n) is 3.49. The smallest absolute Gasteiger partial charge is 0.269 e. The van der Waals surface area contributed by atoms with Crippen molar-refractivity contribution >= 4 is 52.3 Å². The van der Waals surface area contributed by atoms with Gasteiger partial charge in [-0.3, -0.25) is 9.69 Å². The van der Waals surface area contributed by atoms with Crippen molar-refractivity contribution < 1.29 is 9.53 Å². The molecular weight excluding hydrogens is 361 g/mol. The minimum atomic E-state index is -0.648. The van der Waals surface area contributed by atoms with Crippen LogP contribution in [0.25, 0.3) is 0 Å². The van der Waals surface area contributed by atoms with E-state index in [4.69, 9.17) is 45.3 Å². The minimum Gasteiger partial charge on any atom is -0.477 e. The van der Waals surface area contributed by atoms with Gasteiger partial charge in [0.1, 0.15) is 5.82 Å². The van der Waals surface area contributed by atoms with Gasteiger partial charge in [0.25, 0.3) is 5.91 Å². The predicted molar refractivity (Wildman–Crippen MR) is 91.4 cm³/mol. The molecule has 2 N–H and O–H groups in total. The molecule has 0 saturated carbocycles. The Morgan fingerprint density at radius 1 is 1.22 bits per heavy atom. The Labute approximate surface area is 147 Å². The summed E-state index contributed by atoms with van der Waals surface area (Å²) in [6.07, 6.45) is -0.648. The zero-order chi connectivity index (χ0) is 16.7. The number of carbonyl (C=O) groups excluding carboxylic acids is 1. The molecule has 0 saturated heterocycles. The molecule has 1 atom stereocenters. The van der Waals surface area contributed by atoms with Gasteiger partial charge in [0.15, 0.2) is 17.7 Å². The zero-order valence-electron chi connectivity index (χ0n) is 12.0. The Bertz CT molecular complexity index is 798. The van der Waals surface area contributed by atoms with Crippen LogP contribution in [0.5, 0.6) is 5.75 Å². The summed E-state index contributed by atoms with van der Waals surface area (Å²) in [7, 11) is 0. The summed E-state index contributed by atoms with van der Waals surface area (Å²) in [5, 5.41) is 1.08. The molecule has 1 aliphatic heterocycles. The van der Waals surface area contributed by atoms with Crippen molar-refractivity contribution in [2.24, 2.45) is 0 Å². The molecule has 1 amide bonds. The molecule has 3 rings (SSSR count). The molecule has 8 heteroatoms. The lowest BCUT2D eigenvalue weighted by Gasteiger charge is -2.32. The van der Waals surface area contributed by atoms with Gasteiger partial charge in [0.05, 0.1) is 16.6 Å². The SMILES string of the molecule is CC1Oc2ccc(N)nc2N(Cc2c(Cl)ccc(Cl)c2Cl)C1=O. The molecular formula is C15H12Cl3N3O2. The summed E-state index contributed by atoms with van der Waals surface area (Å²) < 4.78 is 5.55. The van der Waals surface area contributed by atoms with Gasteiger partial charge in [-0.15, -0.1) is 0 Å². The lowest BCUT2D eigenvalue weighted by molar-refractivity contribution is -0.125. The number of benzene rings is 1. The van der Waals surface area contributed by atoms with Crippen molar-refractivity contribution in [3.8, 4) is 5.75 Å². The summed E-state index contributed by atoms with van der Waals surface area (Å²) in [6, 6.07) is 6.52. The summed E-state index contributed by atoms with van der Waals surface area (Å²) in [6.45, 7) is 1.78. The van der Waals surface area contributed by atoms with Gasteiger partial charge in [-0.2, -0.15) is 0 Å². The van der Waals surface area contributed by atoms with Gasteiger partial charge < -0.3 is 10.5 Å². The van der Waals surface area contributed by atoms with Gasteiger partial charge in [-0.1, -0.05) is 34.8 Å². The van der Waals surface area contributed by atoms with E-state index < -0.39 is 6.10 Å². The van der Waals surface area contributed by atoms with E-state index >= 15 is 0 Å². The van der Waals surface area contributed by atoms with Crippen molar-refractivity contribution in [2.45, 2.75) is 19.6 Å². The lowest BCUT2D eigenvalue weighted by atomic mass is 10.1. The van der Waals surface area contributed by atoms with Crippen molar-refractivity contribution in [3.05, 3.63) is 44.9 Å². The van der Waals surface area contributed by atoms with Crippen LogP contribution in [0.3, 0.4) is 0 Å². The highest BCUT2D eigenvalue weighted by Crippen LogP contribution is 2.37. The van der Waals surface area contributed by atoms with Crippen LogP contribution >= 0.6 is 34.8 Å². The van der Waals surface area contributed by atoms with E-state index in [2.05, 4.69) is 4.98 Å². The van der Waals surface area contributed by atoms with Gasteiger partial charge >= 0.3 is 0 Å². The van der Waals surface area contributed by atoms with Crippen molar-refractivity contribution in [2.75, 3.05) is 10.6 Å². The highest BCUT2D eigenvalue weighted by molar-refractivity contribution is 6.44. The van der Waals surface area contributed by atoms with Crippen molar-refractivity contribution in [3.63, 3.8) is 0 Å². The maximum Gasteiger partial charge on any atom is 0.269 e. The summed E-state index contributed by atoms with van der Waals surface area (Å²) in [5.41, 5.74) is 6.26. The van der Waals surface area contributed by atoms with Gasteiger partial charge in [-0.25, -0.2) is 4.98 Å². The predicted octanol–water partition coefficient (Wildman–Crippen LogP) is 3.94. The van der Waals surface area contributed by atoms with Crippen molar-refractivity contribution in [1.29, 1.82) is 0 Å². The summed E-state index contributed by atoms with van der Waals surface area (Å²) >= 11 is 18.5. The monoisotopic (exact) mass is 371 g/mol. The molecule has 1 aromatic carbocycles. The number of hydrogen-bond donors (Lipinski definition) is 1. The fourth-order valence-electron chi connectivity index (χ4n) is 2.33. The number of pyridine rings is 1.